The molecule has 3 rings (SSSR count). The largest absolute Gasteiger partial charge is 0.494 e. The van der Waals surface area contributed by atoms with Crippen LogP contribution in [0.2, 0.25) is 0 Å². The summed E-state index contributed by atoms with van der Waals surface area (Å²) in [5, 5.41) is 5.53. The lowest BCUT2D eigenvalue weighted by Gasteiger charge is -2.21. The molecule has 7 heteroatoms. The van der Waals surface area contributed by atoms with E-state index >= 15 is 0 Å². The normalized spacial score (nSPS) is 12.7. The van der Waals surface area contributed by atoms with Crippen LogP contribution in [-0.4, -0.2) is 26.0 Å². The summed E-state index contributed by atoms with van der Waals surface area (Å²) < 4.78 is 29.9. The van der Waals surface area contributed by atoms with Crippen LogP contribution in [0, 0.1) is 5.82 Å². The molecule has 0 saturated heterocycles. The van der Waals surface area contributed by atoms with Crippen LogP contribution in [0.3, 0.4) is 0 Å². The smallest absolute Gasteiger partial charge is 0.319 e. The van der Waals surface area contributed by atoms with Crippen molar-refractivity contribution < 1.29 is 23.4 Å². The van der Waals surface area contributed by atoms with E-state index in [1.165, 1.54) is 12.1 Å². The van der Waals surface area contributed by atoms with Gasteiger partial charge in [-0.2, -0.15) is 0 Å². The van der Waals surface area contributed by atoms with Crippen LogP contribution in [0.25, 0.3) is 0 Å². The predicted octanol–water partition coefficient (Wildman–Crippen LogP) is 3.85. The quantitative estimate of drug-likeness (QED) is 0.773. The summed E-state index contributed by atoms with van der Waals surface area (Å²) in [5.74, 6) is 1.01. The van der Waals surface area contributed by atoms with Crippen molar-refractivity contribution in [3.05, 3.63) is 53.3 Å². The molecule has 2 amide bonds. The van der Waals surface area contributed by atoms with Gasteiger partial charge in [0.05, 0.1) is 13.2 Å². The van der Waals surface area contributed by atoms with Crippen LogP contribution < -0.4 is 20.1 Å². The van der Waals surface area contributed by atoms with Crippen LogP contribution in [0.1, 0.15) is 24.5 Å². The SMILES string of the molecule is CCCOc1cccc(NC(=O)NCCc2cc(F)cc3c2OCOC3)c1. The molecular weight excluding hydrogens is 351 g/mol. The number of hydrogen-bond donors (Lipinski definition) is 2. The lowest BCUT2D eigenvalue weighted by Crippen LogP contribution is -2.30. The van der Waals surface area contributed by atoms with E-state index in [0.29, 0.717) is 54.5 Å². The molecule has 0 unspecified atom stereocenters. The number of nitrogens with one attached hydrogen (secondary N) is 2. The maximum Gasteiger partial charge on any atom is 0.319 e. The summed E-state index contributed by atoms with van der Waals surface area (Å²) in [5.41, 5.74) is 2.04. The lowest BCUT2D eigenvalue weighted by molar-refractivity contribution is -0.0172. The summed E-state index contributed by atoms with van der Waals surface area (Å²) in [6, 6.07) is 9.72. The van der Waals surface area contributed by atoms with Gasteiger partial charge < -0.3 is 24.8 Å². The Morgan fingerprint density at radius 2 is 2.19 bits per heavy atom. The van der Waals surface area contributed by atoms with Crippen molar-refractivity contribution >= 4 is 11.7 Å². The van der Waals surface area contributed by atoms with Gasteiger partial charge in [0.2, 0.25) is 0 Å². The maximum atomic E-state index is 13.7. The van der Waals surface area contributed by atoms with Crippen molar-refractivity contribution in [1.29, 1.82) is 0 Å². The molecule has 0 aromatic heterocycles. The highest BCUT2D eigenvalue weighted by molar-refractivity contribution is 5.89. The first-order valence-electron chi connectivity index (χ1n) is 8.95. The van der Waals surface area contributed by atoms with Crippen LogP contribution in [0.5, 0.6) is 11.5 Å². The van der Waals surface area contributed by atoms with E-state index in [0.717, 1.165) is 6.42 Å². The Morgan fingerprint density at radius 1 is 1.30 bits per heavy atom. The fourth-order valence-electron chi connectivity index (χ4n) is 2.81. The molecule has 2 N–H and O–H groups in total. The zero-order valence-electron chi connectivity index (χ0n) is 15.2. The molecule has 2 aromatic rings. The van der Waals surface area contributed by atoms with E-state index in [1.54, 1.807) is 12.1 Å². The van der Waals surface area contributed by atoms with E-state index in [1.807, 2.05) is 19.1 Å². The number of anilines is 1. The number of carbonyl (C=O) groups is 1. The number of hydrogen-bond acceptors (Lipinski definition) is 4. The van der Waals surface area contributed by atoms with Crippen molar-refractivity contribution in [2.24, 2.45) is 0 Å². The molecule has 6 nitrogen and oxygen atoms in total. The van der Waals surface area contributed by atoms with Crippen LogP contribution in [0.15, 0.2) is 36.4 Å². The number of ether oxygens (including phenoxy) is 3. The molecule has 0 fully saturated rings. The number of halogens is 1. The van der Waals surface area contributed by atoms with Gasteiger partial charge in [-0.1, -0.05) is 13.0 Å². The lowest BCUT2D eigenvalue weighted by atomic mass is 10.1. The third-order valence-electron chi connectivity index (χ3n) is 4.00. The van der Waals surface area contributed by atoms with Gasteiger partial charge in [-0.05, 0) is 42.7 Å². The van der Waals surface area contributed by atoms with Crippen LogP contribution >= 0.6 is 0 Å². The van der Waals surface area contributed by atoms with Gasteiger partial charge in [-0.15, -0.1) is 0 Å². The monoisotopic (exact) mass is 374 g/mol. The van der Waals surface area contributed by atoms with Crippen molar-refractivity contribution in [1.82, 2.24) is 5.32 Å². The minimum absolute atomic E-state index is 0.149. The average molecular weight is 374 g/mol. The zero-order valence-corrected chi connectivity index (χ0v) is 15.2. The second-order valence-electron chi connectivity index (χ2n) is 6.17. The van der Waals surface area contributed by atoms with Gasteiger partial charge in [0.15, 0.2) is 6.79 Å². The maximum absolute atomic E-state index is 13.7. The van der Waals surface area contributed by atoms with Gasteiger partial charge in [0, 0.05) is 23.9 Å². The number of carbonyl (C=O) groups excluding carboxylic acids is 1. The Hall–Kier alpha value is -2.80. The molecule has 0 spiro atoms. The van der Waals surface area contributed by atoms with Crippen molar-refractivity contribution in [2.75, 3.05) is 25.3 Å². The van der Waals surface area contributed by atoms with E-state index in [2.05, 4.69) is 10.6 Å². The zero-order chi connectivity index (χ0) is 19.1. The van der Waals surface area contributed by atoms with E-state index in [-0.39, 0.29) is 18.6 Å². The minimum atomic E-state index is -0.341. The fourth-order valence-corrected chi connectivity index (χ4v) is 2.81. The summed E-state index contributed by atoms with van der Waals surface area (Å²) in [6.45, 7) is 3.47. The molecular formula is C20H23FN2O4. The molecule has 0 radical (unpaired) electrons. The molecule has 27 heavy (non-hydrogen) atoms. The molecule has 0 saturated carbocycles. The Morgan fingerprint density at radius 3 is 3.04 bits per heavy atom. The highest BCUT2D eigenvalue weighted by Gasteiger charge is 2.17. The van der Waals surface area contributed by atoms with Gasteiger partial charge in [0.1, 0.15) is 17.3 Å². The standard InChI is InChI=1S/C20H23FN2O4/c1-2-8-26-18-5-3-4-17(11-18)23-20(24)22-7-6-14-9-16(21)10-15-12-25-13-27-19(14)15/h3-5,9-11H,2,6-8,12-13H2,1H3,(H2,22,23,24). The molecule has 1 heterocycles. The van der Waals surface area contributed by atoms with Gasteiger partial charge in [-0.25, -0.2) is 9.18 Å². The summed E-state index contributed by atoms with van der Waals surface area (Å²) >= 11 is 0. The topological polar surface area (TPSA) is 68.8 Å². The van der Waals surface area contributed by atoms with Crippen LogP contribution in [0.4, 0.5) is 14.9 Å². The number of urea groups is 1. The highest BCUT2D eigenvalue weighted by atomic mass is 19.1. The van der Waals surface area contributed by atoms with Gasteiger partial charge >= 0.3 is 6.03 Å². The minimum Gasteiger partial charge on any atom is -0.494 e. The van der Waals surface area contributed by atoms with Crippen molar-refractivity contribution in [3.8, 4) is 11.5 Å². The van der Waals surface area contributed by atoms with Crippen molar-refractivity contribution in [3.63, 3.8) is 0 Å². The Labute approximate surface area is 157 Å². The third-order valence-corrected chi connectivity index (χ3v) is 4.00. The van der Waals surface area contributed by atoms with E-state index in [4.69, 9.17) is 14.2 Å². The summed E-state index contributed by atoms with van der Waals surface area (Å²) in [6.07, 6.45) is 1.37. The predicted molar refractivity (Wildman–Crippen MR) is 99.6 cm³/mol. The first kappa shape index (κ1) is 19.0. The van der Waals surface area contributed by atoms with Gasteiger partial charge in [0.25, 0.3) is 0 Å². The van der Waals surface area contributed by atoms with E-state index in [9.17, 15) is 9.18 Å². The van der Waals surface area contributed by atoms with Crippen molar-refractivity contribution in [2.45, 2.75) is 26.4 Å². The molecule has 144 valence electrons. The number of rotatable bonds is 7. The summed E-state index contributed by atoms with van der Waals surface area (Å²) in [4.78, 5) is 12.1. The number of benzene rings is 2. The molecule has 1 aliphatic rings. The van der Waals surface area contributed by atoms with Crippen LogP contribution in [-0.2, 0) is 17.8 Å². The second-order valence-corrected chi connectivity index (χ2v) is 6.17. The molecule has 0 atom stereocenters. The Bertz CT molecular complexity index is 798. The highest BCUT2D eigenvalue weighted by Crippen LogP contribution is 2.29. The molecule has 0 aliphatic carbocycles. The Balaban J connectivity index is 1.52. The first-order valence-corrected chi connectivity index (χ1v) is 8.95. The van der Waals surface area contributed by atoms with E-state index < -0.39 is 0 Å². The number of amides is 2. The Kier molecular flexibility index (Phi) is 6.49. The number of fused-ring (bicyclic) bond motifs is 1. The first-order chi connectivity index (χ1) is 13.2. The van der Waals surface area contributed by atoms with Gasteiger partial charge in [-0.3, -0.25) is 0 Å². The fraction of sp³-hybridized carbons (Fsp3) is 0.350. The average Bonchev–Trinajstić information content (AvgIpc) is 2.66. The second kappa shape index (κ2) is 9.23. The molecule has 1 aliphatic heterocycles. The molecule has 0 bridgehead atoms. The molecule has 2 aromatic carbocycles. The summed E-state index contributed by atoms with van der Waals surface area (Å²) in [7, 11) is 0. The third kappa shape index (κ3) is 5.34.